The third kappa shape index (κ3) is 4.68. The highest BCUT2D eigenvalue weighted by atomic mass is 19.4. The van der Waals surface area contributed by atoms with Crippen molar-refractivity contribution in [3.63, 3.8) is 0 Å². The number of halogens is 4. The SMILES string of the molecule is OC(CN(CCC(F)(F)F)C1CCC1)c1ccccc1F. The van der Waals surface area contributed by atoms with E-state index in [2.05, 4.69) is 0 Å². The van der Waals surface area contributed by atoms with E-state index in [1.807, 2.05) is 0 Å². The molecule has 1 atom stereocenters. The largest absolute Gasteiger partial charge is 0.390 e. The van der Waals surface area contributed by atoms with Crippen molar-refractivity contribution in [1.29, 1.82) is 0 Å². The molecular formula is C15H19F4NO. The molecule has 118 valence electrons. The van der Waals surface area contributed by atoms with Crippen LogP contribution >= 0.6 is 0 Å². The summed E-state index contributed by atoms with van der Waals surface area (Å²) in [4.78, 5) is 1.63. The van der Waals surface area contributed by atoms with Gasteiger partial charge in [-0.15, -0.1) is 0 Å². The standard InChI is InChI=1S/C15H19F4NO/c16-13-7-2-1-6-12(13)14(21)10-20(11-4-3-5-11)9-8-15(17,18)19/h1-2,6-7,11,14,21H,3-5,8-10H2. The maximum atomic E-state index is 13.6. The van der Waals surface area contributed by atoms with Crippen LogP contribution in [-0.2, 0) is 0 Å². The van der Waals surface area contributed by atoms with Crippen molar-refractivity contribution in [2.24, 2.45) is 0 Å². The van der Waals surface area contributed by atoms with Crippen LogP contribution in [0.1, 0.15) is 37.4 Å². The second-order valence-corrected chi connectivity index (χ2v) is 5.48. The Morgan fingerprint density at radius 2 is 1.90 bits per heavy atom. The zero-order valence-electron chi connectivity index (χ0n) is 11.6. The highest BCUT2D eigenvalue weighted by molar-refractivity contribution is 5.20. The van der Waals surface area contributed by atoms with Crippen LogP contribution in [0.5, 0.6) is 0 Å². The van der Waals surface area contributed by atoms with Gasteiger partial charge < -0.3 is 5.11 Å². The molecule has 1 aromatic carbocycles. The van der Waals surface area contributed by atoms with E-state index in [4.69, 9.17) is 0 Å². The summed E-state index contributed by atoms with van der Waals surface area (Å²) in [7, 11) is 0. The molecule has 1 aromatic rings. The first-order valence-corrected chi connectivity index (χ1v) is 7.10. The molecule has 0 saturated heterocycles. The van der Waals surface area contributed by atoms with E-state index in [0.29, 0.717) is 0 Å². The molecule has 2 rings (SSSR count). The van der Waals surface area contributed by atoms with E-state index in [-0.39, 0.29) is 24.7 Å². The minimum absolute atomic E-state index is 0.0294. The van der Waals surface area contributed by atoms with Gasteiger partial charge in [0.25, 0.3) is 0 Å². The van der Waals surface area contributed by atoms with Crippen LogP contribution in [0.25, 0.3) is 0 Å². The van der Waals surface area contributed by atoms with Crippen molar-refractivity contribution in [2.45, 2.75) is 44.0 Å². The lowest BCUT2D eigenvalue weighted by Crippen LogP contribution is -2.44. The second-order valence-electron chi connectivity index (χ2n) is 5.48. The highest BCUT2D eigenvalue weighted by Gasteiger charge is 2.32. The molecule has 0 aromatic heterocycles. The van der Waals surface area contributed by atoms with Crippen LogP contribution < -0.4 is 0 Å². The molecule has 0 heterocycles. The van der Waals surface area contributed by atoms with E-state index in [1.165, 1.54) is 18.2 Å². The van der Waals surface area contributed by atoms with Gasteiger partial charge in [0.05, 0.1) is 12.5 Å². The Hall–Kier alpha value is -1.14. The summed E-state index contributed by atoms with van der Waals surface area (Å²) in [5.74, 6) is -0.533. The van der Waals surface area contributed by atoms with Gasteiger partial charge in [-0.25, -0.2) is 4.39 Å². The fourth-order valence-corrected chi connectivity index (χ4v) is 2.51. The summed E-state index contributed by atoms with van der Waals surface area (Å²) < 4.78 is 50.7. The lowest BCUT2D eigenvalue weighted by Gasteiger charge is -2.38. The van der Waals surface area contributed by atoms with E-state index >= 15 is 0 Å². The van der Waals surface area contributed by atoms with Gasteiger partial charge >= 0.3 is 6.18 Å². The summed E-state index contributed by atoms with van der Waals surface area (Å²) >= 11 is 0. The number of alkyl halides is 3. The van der Waals surface area contributed by atoms with Crippen molar-refractivity contribution >= 4 is 0 Å². The number of rotatable bonds is 6. The fraction of sp³-hybridized carbons (Fsp3) is 0.600. The quantitative estimate of drug-likeness (QED) is 0.811. The van der Waals surface area contributed by atoms with Crippen molar-refractivity contribution in [1.82, 2.24) is 4.90 Å². The molecule has 1 aliphatic carbocycles. The first-order chi connectivity index (χ1) is 9.87. The fourth-order valence-electron chi connectivity index (χ4n) is 2.51. The molecule has 2 nitrogen and oxygen atoms in total. The Kier molecular flexibility index (Phi) is 5.22. The summed E-state index contributed by atoms with van der Waals surface area (Å²) in [6.07, 6.45) is -3.58. The molecule has 0 amide bonds. The topological polar surface area (TPSA) is 23.5 Å². The molecule has 0 radical (unpaired) electrons. The predicted molar refractivity (Wildman–Crippen MR) is 71.2 cm³/mol. The van der Waals surface area contributed by atoms with Crippen molar-refractivity contribution in [2.75, 3.05) is 13.1 Å². The summed E-state index contributed by atoms with van der Waals surface area (Å²) in [5.41, 5.74) is 0.133. The first kappa shape index (κ1) is 16.2. The van der Waals surface area contributed by atoms with Crippen LogP contribution in [0.15, 0.2) is 24.3 Å². The number of aliphatic hydroxyl groups excluding tert-OH is 1. The summed E-state index contributed by atoms with van der Waals surface area (Å²) in [6.45, 7) is -0.124. The zero-order chi connectivity index (χ0) is 15.5. The molecule has 21 heavy (non-hydrogen) atoms. The Morgan fingerprint density at radius 1 is 1.24 bits per heavy atom. The van der Waals surface area contributed by atoms with Gasteiger partial charge in [-0.3, -0.25) is 4.90 Å². The van der Waals surface area contributed by atoms with Crippen molar-refractivity contribution < 1.29 is 22.7 Å². The molecule has 0 spiro atoms. The van der Waals surface area contributed by atoms with Gasteiger partial charge in [0.15, 0.2) is 0 Å². The van der Waals surface area contributed by atoms with Gasteiger partial charge in [-0.1, -0.05) is 24.6 Å². The molecular weight excluding hydrogens is 286 g/mol. The molecule has 1 N–H and O–H groups in total. The maximum absolute atomic E-state index is 13.6. The average molecular weight is 305 g/mol. The van der Waals surface area contributed by atoms with Crippen molar-refractivity contribution in [3.05, 3.63) is 35.6 Å². The first-order valence-electron chi connectivity index (χ1n) is 7.10. The highest BCUT2D eigenvalue weighted by Crippen LogP contribution is 2.29. The molecule has 0 aliphatic heterocycles. The summed E-state index contributed by atoms with van der Waals surface area (Å²) in [6, 6.07) is 5.88. The molecule has 1 aliphatic rings. The Morgan fingerprint density at radius 3 is 2.43 bits per heavy atom. The number of nitrogens with zero attached hydrogens (tertiary/aromatic N) is 1. The van der Waals surface area contributed by atoms with Crippen LogP contribution in [-0.4, -0.2) is 35.3 Å². The molecule has 1 saturated carbocycles. The zero-order valence-corrected chi connectivity index (χ0v) is 11.6. The third-order valence-electron chi connectivity index (χ3n) is 3.95. The molecule has 6 heteroatoms. The van der Waals surface area contributed by atoms with E-state index in [9.17, 15) is 22.7 Å². The van der Waals surface area contributed by atoms with E-state index in [1.54, 1.807) is 11.0 Å². The van der Waals surface area contributed by atoms with Crippen LogP contribution in [0.2, 0.25) is 0 Å². The van der Waals surface area contributed by atoms with Crippen LogP contribution in [0.3, 0.4) is 0 Å². The summed E-state index contributed by atoms with van der Waals surface area (Å²) in [5, 5.41) is 10.1. The Balaban J connectivity index is 1.99. The number of benzene rings is 1. The number of hydrogen-bond donors (Lipinski definition) is 1. The van der Waals surface area contributed by atoms with Gasteiger partial charge in [0.2, 0.25) is 0 Å². The molecule has 1 fully saturated rings. The second kappa shape index (κ2) is 6.75. The minimum atomic E-state index is -4.22. The monoisotopic (exact) mass is 305 g/mol. The molecule has 1 unspecified atom stereocenters. The maximum Gasteiger partial charge on any atom is 0.390 e. The number of aliphatic hydroxyl groups is 1. The van der Waals surface area contributed by atoms with E-state index < -0.39 is 24.5 Å². The smallest absolute Gasteiger partial charge is 0.387 e. The van der Waals surface area contributed by atoms with Gasteiger partial charge in [0.1, 0.15) is 5.82 Å². The average Bonchev–Trinajstić information content (AvgIpc) is 2.33. The Labute approximate surface area is 121 Å². The molecule has 0 bridgehead atoms. The predicted octanol–water partition coefficient (Wildman–Crippen LogP) is 3.67. The minimum Gasteiger partial charge on any atom is -0.387 e. The number of hydrogen-bond acceptors (Lipinski definition) is 2. The van der Waals surface area contributed by atoms with Gasteiger partial charge in [-0.05, 0) is 18.9 Å². The van der Waals surface area contributed by atoms with Gasteiger partial charge in [0, 0.05) is 24.7 Å². The van der Waals surface area contributed by atoms with E-state index in [0.717, 1.165) is 19.3 Å². The Bertz CT molecular complexity index is 459. The lowest BCUT2D eigenvalue weighted by molar-refractivity contribution is -0.141. The van der Waals surface area contributed by atoms with Crippen LogP contribution in [0, 0.1) is 5.82 Å². The van der Waals surface area contributed by atoms with Crippen LogP contribution in [0.4, 0.5) is 17.6 Å². The normalized spacial score (nSPS) is 17.8. The van der Waals surface area contributed by atoms with Crippen molar-refractivity contribution in [3.8, 4) is 0 Å². The lowest BCUT2D eigenvalue weighted by atomic mass is 9.90. The third-order valence-corrected chi connectivity index (χ3v) is 3.95. The van der Waals surface area contributed by atoms with Gasteiger partial charge in [-0.2, -0.15) is 13.2 Å².